The molecule has 2 aromatic heterocycles. The van der Waals surface area contributed by atoms with E-state index in [1.807, 2.05) is 24.3 Å². The van der Waals surface area contributed by atoms with Crippen LogP contribution in [0, 0.1) is 0 Å². The lowest BCUT2D eigenvalue weighted by molar-refractivity contribution is 0.102. The van der Waals surface area contributed by atoms with E-state index >= 15 is 0 Å². The Balaban J connectivity index is 1.51. The average Bonchev–Trinajstić information content (AvgIpc) is 3.24. The number of aromatic nitrogens is 3. The van der Waals surface area contributed by atoms with Gasteiger partial charge in [-0.1, -0.05) is 12.1 Å². The number of morpholine rings is 1. The summed E-state index contributed by atoms with van der Waals surface area (Å²) < 4.78 is 7.20. The van der Waals surface area contributed by atoms with Gasteiger partial charge >= 0.3 is 0 Å². The molecule has 132 valence electrons. The predicted octanol–water partition coefficient (Wildman–Crippen LogP) is 2.36. The lowest BCUT2D eigenvalue weighted by Gasteiger charge is -2.30. The Morgan fingerprint density at radius 1 is 1.12 bits per heavy atom. The summed E-state index contributed by atoms with van der Waals surface area (Å²) in [5.41, 5.74) is 2.30. The van der Waals surface area contributed by atoms with Gasteiger partial charge in [-0.05, 0) is 24.3 Å². The first-order valence-corrected chi connectivity index (χ1v) is 8.49. The van der Waals surface area contributed by atoms with Crippen molar-refractivity contribution in [3.05, 3.63) is 66.9 Å². The van der Waals surface area contributed by atoms with Gasteiger partial charge in [-0.3, -0.25) is 9.36 Å². The van der Waals surface area contributed by atoms with Gasteiger partial charge in [0.15, 0.2) is 0 Å². The smallest absolute Gasteiger partial charge is 0.257 e. The zero-order valence-corrected chi connectivity index (χ0v) is 14.2. The molecule has 1 saturated heterocycles. The number of anilines is 2. The van der Waals surface area contributed by atoms with Gasteiger partial charge in [-0.15, -0.1) is 0 Å². The number of benzene rings is 1. The molecule has 0 bridgehead atoms. The molecule has 1 aromatic carbocycles. The van der Waals surface area contributed by atoms with Crippen LogP contribution in [0.15, 0.2) is 61.3 Å². The average molecular weight is 349 g/mol. The number of nitrogens with one attached hydrogen (secondary N) is 1. The summed E-state index contributed by atoms with van der Waals surface area (Å²) in [6, 6.07) is 11.4. The SMILES string of the molecule is O=C(Nc1ccccc1N1CCOCC1)c1ccc(-n2ccnc2)nc1. The monoisotopic (exact) mass is 349 g/mol. The van der Waals surface area contributed by atoms with Crippen molar-refractivity contribution in [2.24, 2.45) is 0 Å². The van der Waals surface area contributed by atoms with Gasteiger partial charge in [0.05, 0.1) is 30.2 Å². The highest BCUT2D eigenvalue weighted by Crippen LogP contribution is 2.26. The van der Waals surface area contributed by atoms with Gasteiger partial charge in [-0.2, -0.15) is 0 Å². The summed E-state index contributed by atoms with van der Waals surface area (Å²) in [6.07, 6.45) is 6.73. The van der Waals surface area contributed by atoms with Crippen LogP contribution in [0.1, 0.15) is 10.4 Å². The second-order valence-electron chi connectivity index (χ2n) is 5.95. The Hall–Kier alpha value is -3.19. The van der Waals surface area contributed by atoms with Crippen LogP contribution in [0.2, 0.25) is 0 Å². The van der Waals surface area contributed by atoms with Crippen molar-refractivity contribution in [1.82, 2.24) is 14.5 Å². The Morgan fingerprint density at radius 3 is 2.69 bits per heavy atom. The molecule has 1 fully saturated rings. The van der Waals surface area contributed by atoms with Crippen molar-refractivity contribution in [1.29, 1.82) is 0 Å². The fraction of sp³-hybridized carbons (Fsp3) is 0.211. The molecule has 7 heteroatoms. The number of carbonyl (C=O) groups excluding carboxylic acids is 1. The molecule has 26 heavy (non-hydrogen) atoms. The van der Waals surface area contributed by atoms with Gasteiger partial charge in [-0.25, -0.2) is 9.97 Å². The van der Waals surface area contributed by atoms with Crippen molar-refractivity contribution in [2.45, 2.75) is 0 Å². The third kappa shape index (κ3) is 3.43. The van der Waals surface area contributed by atoms with Gasteiger partial charge in [0, 0.05) is 31.7 Å². The maximum absolute atomic E-state index is 12.6. The molecular weight excluding hydrogens is 330 g/mol. The first-order chi connectivity index (χ1) is 12.8. The Kier molecular flexibility index (Phi) is 4.61. The number of amides is 1. The summed E-state index contributed by atoms with van der Waals surface area (Å²) >= 11 is 0. The fourth-order valence-electron chi connectivity index (χ4n) is 2.92. The maximum Gasteiger partial charge on any atom is 0.257 e. The molecule has 1 aliphatic heterocycles. The predicted molar refractivity (Wildman–Crippen MR) is 98.8 cm³/mol. The van der Waals surface area contributed by atoms with Crippen LogP contribution in [-0.2, 0) is 4.74 Å². The summed E-state index contributed by atoms with van der Waals surface area (Å²) in [7, 11) is 0. The van der Waals surface area contributed by atoms with E-state index in [1.165, 1.54) is 0 Å². The second kappa shape index (κ2) is 7.37. The number of pyridine rings is 1. The van der Waals surface area contributed by atoms with E-state index in [0.717, 1.165) is 24.5 Å². The zero-order chi connectivity index (χ0) is 17.8. The van der Waals surface area contributed by atoms with Crippen molar-refractivity contribution in [3.63, 3.8) is 0 Å². The number of para-hydroxylation sites is 2. The number of ether oxygens (including phenoxy) is 1. The van der Waals surface area contributed by atoms with Crippen LogP contribution >= 0.6 is 0 Å². The number of hydrogen-bond donors (Lipinski definition) is 1. The van der Waals surface area contributed by atoms with Crippen molar-refractivity contribution < 1.29 is 9.53 Å². The highest BCUT2D eigenvalue weighted by molar-refractivity contribution is 6.05. The van der Waals surface area contributed by atoms with Crippen LogP contribution < -0.4 is 10.2 Å². The summed E-state index contributed by atoms with van der Waals surface area (Å²) in [6.45, 7) is 3.02. The molecular formula is C19H19N5O2. The number of hydrogen-bond acceptors (Lipinski definition) is 5. The van der Waals surface area contributed by atoms with Crippen molar-refractivity contribution in [2.75, 3.05) is 36.5 Å². The van der Waals surface area contributed by atoms with E-state index in [2.05, 4.69) is 20.2 Å². The van der Waals surface area contributed by atoms with Gasteiger partial charge in [0.25, 0.3) is 5.91 Å². The largest absolute Gasteiger partial charge is 0.378 e. The van der Waals surface area contributed by atoms with E-state index in [4.69, 9.17) is 4.74 Å². The minimum absolute atomic E-state index is 0.185. The van der Waals surface area contributed by atoms with Crippen molar-refractivity contribution >= 4 is 17.3 Å². The Bertz CT molecular complexity index is 871. The Morgan fingerprint density at radius 2 is 1.96 bits per heavy atom. The van der Waals surface area contributed by atoms with Crippen LogP contribution in [0.25, 0.3) is 5.82 Å². The molecule has 7 nitrogen and oxygen atoms in total. The molecule has 3 aromatic rings. The molecule has 0 saturated carbocycles. The second-order valence-corrected chi connectivity index (χ2v) is 5.95. The highest BCUT2D eigenvalue weighted by Gasteiger charge is 2.16. The number of rotatable bonds is 4. The minimum atomic E-state index is -0.185. The van der Waals surface area contributed by atoms with Crippen LogP contribution in [0.5, 0.6) is 0 Å². The first kappa shape index (κ1) is 16.3. The third-order valence-electron chi connectivity index (χ3n) is 4.28. The lowest BCUT2D eigenvalue weighted by Crippen LogP contribution is -2.36. The van der Waals surface area contributed by atoms with Gasteiger partial charge in [0.1, 0.15) is 12.1 Å². The molecule has 4 rings (SSSR count). The number of carbonyl (C=O) groups is 1. The van der Waals surface area contributed by atoms with Gasteiger partial charge < -0.3 is 15.0 Å². The summed E-state index contributed by atoms with van der Waals surface area (Å²) in [5, 5.41) is 3.00. The molecule has 1 N–H and O–H groups in total. The molecule has 1 aliphatic rings. The van der Waals surface area contributed by atoms with Crippen LogP contribution in [-0.4, -0.2) is 46.7 Å². The van der Waals surface area contributed by atoms with E-state index in [-0.39, 0.29) is 5.91 Å². The lowest BCUT2D eigenvalue weighted by atomic mass is 10.2. The molecule has 0 atom stereocenters. The third-order valence-corrected chi connectivity index (χ3v) is 4.28. The topological polar surface area (TPSA) is 72.3 Å². The molecule has 0 spiro atoms. The minimum Gasteiger partial charge on any atom is -0.378 e. The molecule has 0 radical (unpaired) electrons. The Labute approximate surface area is 151 Å². The molecule has 0 unspecified atom stereocenters. The van der Waals surface area contributed by atoms with Crippen molar-refractivity contribution in [3.8, 4) is 5.82 Å². The van der Waals surface area contributed by atoms with E-state index in [9.17, 15) is 4.79 Å². The number of nitrogens with zero attached hydrogens (tertiary/aromatic N) is 4. The maximum atomic E-state index is 12.6. The molecule has 3 heterocycles. The summed E-state index contributed by atoms with van der Waals surface area (Å²) in [4.78, 5) is 23.2. The first-order valence-electron chi connectivity index (χ1n) is 8.49. The normalized spacial score (nSPS) is 14.2. The molecule has 1 amide bonds. The summed E-state index contributed by atoms with van der Waals surface area (Å²) in [5.74, 6) is 0.531. The van der Waals surface area contributed by atoms with E-state index in [1.54, 1.807) is 41.6 Å². The zero-order valence-electron chi connectivity index (χ0n) is 14.2. The highest BCUT2D eigenvalue weighted by atomic mass is 16.5. The standard InChI is InChI=1S/C19H19N5O2/c25-19(15-5-6-18(21-13-15)24-8-7-20-14-24)22-16-3-1-2-4-17(16)23-9-11-26-12-10-23/h1-8,13-14H,9-12H2,(H,22,25). The van der Waals surface area contributed by atoms with Crippen LogP contribution in [0.3, 0.4) is 0 Å². The van der Waals surface area contributed by atoms with E-state index in [0.29, 0.717) is 24.6 Å². The number of imidazole rings is 1. The van der Waals surface area contributed by atoms with Gasteiger partial charge in [0.2, 0.25) is 0 Å². The molecule has 0 aliphatic carbocycles. The van der Waals surface area contributed by atoms with Crippen LogP contribution in [0.4, 0.5) is 11.4 Å². The quantitative estimate of drug-likeness (QED) is 0.783. The van der Waals surface area contributed by atoms with E-state index < -0.39 is 0 Å². The fourth-order valence-corrected chi connectivity index (χ4v) is 2.92.